The molecule has 2 rings (SSSR count). The van der Waals surface area contributed by atoms with Gasteiger partial charge in [0.15, 0.2) is 0 Å². The first-order chi connectivity index (χ1) is 10.3. The van der Waals surface area contributed by atoms with Gasteiger partial charge in [0.2, 0.25) is 5.82 Å². The SMILES string of the molecule is COc1ccc2c(SCC(O)CO)nc(C(F)(F)F)nc2c1. The average Bonchev–Trinajstić information content (AvgIpc) is 2.50. The lowest BCUT2D eigenvalue weighted by molar-refractivity contribution is -0.145. The van der Waals surface area contributed by atoms with Gasteiger partial charge in [0.1, 0.15) is 10.8 Å². The van der Waals surface area contributed by atoms with Gasteiger partial charge in [-0.2, -0.15) is 13.2 Å². The van der Waals surface area contributed by atoms with Crippen LogP contribution in [0.4, 0.5) is 13.2 Å². The summed E-state index contributed by atoms with van der Waals surface area (Å²) in [5.74, 6) is -0.855. The summed E-state index contributed by atoms with van der Waals surface area (Å²) < 4.78 is 43.6. The Kier molecular flexibility index (Phi) is 5.09. The number of ether oxygens (including phenoxy) is 1. The fraction of sp³-hybridized carbons (Fsp3) is 0.385. The van der Waals surface area contributed by atoms with Crippen LogP contribution in [0, 0.1) is 0 Å². The largest absolute Gasteiger partial charge is 0.497 e. The summed E-state index contributed by atoms with van der Waals surface area (Å²) in [4.78, 5) is 7.05. The van der Waals surface area contributed by atoms with Crippen LogP contribution in [0.15, 0.2) is 23.2 Å². The highest BCUT2D eigenvalue weighted by molar-refractivity contribution is 7.99. The van der Waals surface area contributed by atoms with Crippen LogP contribution in [0.2, 0.25) is 0 Å². The van der Waals surface area contributed by atoms with Gasteiger partial charge in [0.05, 0.1) is 25.3 Å². The summed E-state index contributed by atoms with van der Waals surface area (Å²) in [7, 11) is 1.40. The van der Waals surface area contributed by atoms with E-state index in [0.717, 1.165) is 11.8 Å². The molecule has 2 N–H and O–H groups in total. The van der Waals surface area contributed by atoms with Gasteiger partial charge >= 0.3 is 6.18 Å². The highest BCUT2D eigenvalue weighted by atomic mass is 32.2. The van der Waals surface area contributed by atoms with E-state index in [9.17, 15) is 18.3 Å². The fourth-order valence-electron chi connectivity index (χ4n) is 1.67. The highest BCUT2D eigenvalue weighted by Gasteiger charge is 2.35. The number of rotatable bonds is 5. The lowest BCUT2D eigenvalue weighted by Gasteiger charge is -2.12. The number of fused-ring (bicyclic) bond motifs is 1. The second kappa shape index (κ2) is 6.67. The van der Waals surface area contributed by atoms with Crippen molar-refractivity contribution in [2.24, 2.45) is 0 Å². The molecule has 2 aromatic rings. The van der Waals surface area contributed by atoms with Gasteiger partial charge in [0.25, 0.3) is 0 Å². The number of methoxy groups -OCH3 is 1. The van der Waals surface area contributed by atoms with E-state index in [4.69, 9.17) is 9.84 Å². The number of aliphatic hydroxyl groups is 2. The van der Waals surface area contributed by atoms with Crippen LogP contribution in [0.3, 0.4) is 0 Å². The van der Waals surface area contributed by atoms with Gasteiger partial charge in [0, 0.05) is 17.2 Å². The van der Waals surface area contributed by atoms with Crippen molar-refractivity contribution in [2.75, 3.05) is 19.5 Å². The molecule has 0 aliphatic rings. The first kappa shape index (κ1) is 16.8. The molecule has 22 heavy (non-hydrogen) atoms. The van der Waals surface area contributed by atoms with Crippen molar-refractivity contribution in [3.63, 3.8) is 0 Å². The van der Waals surface area contributed by atoms with E-state index in [1.54, 1.807) is 12.1 Å². The van der Waals surface area contributed by atoms with Crippen LogP contribution in [0.1, 0.15) is 5.82 Å². The number of benzene rings is 1. The second-order valence-corrected chi connectivity index (χ2v) is 5.39. The van der Waals surface area contributed by atoms with E-state index < -0.39 is 24.7 Å². The Labute approximate surface area is 128 Å². The summed E-state index contributed by atoms with van der Waals surface area (Å²) in [6.07, 6.45) is -5.72. The van der Waals surface area contributed by atoms with Crippen LogP contribution < -0.4 is 4.74 Å². The van der Waals surface area contributed by atoms with Crippen LogP contribution in [-0.2, 0) is 6.18 Å². The monoisotopic (exact) mass is 334 g/mol. The topological polar surface area (TPSA) is 75.5 Å². The summed E-state index contributed by atoms with van der Waals surface area (Å²) >= 11 is 0.924. The lowest BCUT2D eigenvalue weighted by Crippen LogP contribution is -2.16. The molecule has 0 saturated carbocycles. The maximum Gasteiger partial charge on any atom is 0.451 e. The van der Waals surface area contributed by atoms with E-state index in [1.165, 1.54) is 13.2 Å². The number of hydrogen-bond acceptors (Lipinski definition) is 6. The van der Waals surface area contributed by atoms with Crippen molar-refractivity contribution < 1.29 is 28.1 Å². The Morgan fingerprint density at radius 2 is 2.05 bits per heavy atom. The molecule has 0 amide bonds. The first-order valence-corrected chi connectivity index (χ1v) is 7.18. The summed E-state index contributed by atoms with van der Waals surface area (Å²) in [5.41, 5.74) is 0.0997. The minimum absolute atomic E-state index is 0.0198. The Morgan fingerprint density at radius 3 is 2.64 bits per heavy atom. The third-order valence-electron chi connectivity index (χ3n) is 2.75. The molecule has 0 aliphatic heterocycles. The molecular formula is C13H13F3N2O3S. The van der Waals surface area contributed by atoms with Crippen molar-refractivity contribution in [1.82, 2.24) is 9.97 Å². The second-order valence-electron chi connectivity index (χ2n) is 4.38. The minimum atomic E-state index is -4.68. The third kappa shape index (κ3) is 3.79. The van der Waals surface area contributed by atoms with Crippen LogP contribution in [0.25, 0.3) is 10.9 Å². The predicted octanol–water partition coefficient (Wildman–Crippen LogP) is 2.10. The zero-order chi connectivity index (χ0) is 16.3. The van der Waals surface area contributed by atoms with Crippen molar-refractivity contribution in [2.45, 2.75) is 17.3 Å². The zero-order valence-electron chi connectivity index (χ0n) is 11.5. The molecular weight excluding hydrogens is 321 g/mol. The number of halogens is 3. The highest BCUT2D eigenvalue weighted by Crippen LogP contribution is 2.33. The minimum Gasteiger partial charge on any atom is -0.497 e. The number of thioether (sulfide) groups is 1. The molecule has 5 nitrogen and oxygen atoms in total. The van der Waals surface area contributed by atoms with Gasteiger partial charge in [-0.15, -0.1) is 11.8 Å². The lowest BCUT2D eigenvalue weighted by atomic mass is 10.2. The number of aromatic nitrogens is 2. The van der Waals surface area contributed by atoms with E-state index in [0.29, 0.717) is 11.1 Å². The molecule has 1 aromatic carbocycles. The van der Waals surface area contributed by atoms with E-state index in [1.807, 2.05) is 0 Å². The smallest absolute Gasteiger partial charge is 0.451 e. The number of alkyl halides is 3. The third-order valence-corrected chi connectivity index (χ3v) is 3.88. The van der Waals surface area contributed by atoms with Gasteiger partial charge in [-0.25, -0.2) is 9.97 Å². The van der Waals surface area contributed by atoms with Crippen LogP contribution >= 0.6 is 11.8 Å². The summed E-state index contributed by atoms with van der Waals surface area (Å²) in [6.45, 7) is -0.476. The Morgan fingerprint density at radius 1 is 1.32 bits per heavy atom. The first-order valence-electron chi connectivity index (χ1n) is 6.20. The van der Waals surface area contributed by atoms with E-state index in [2.05, 4.69) is 9.97 Å². The van der Waals surface area contributed by atoms with Crippen molar-refractivity contribution >= 4 is 22.7 Å². The molecule has 1 heterocycles. The van der Waals surface area contributed by atoms with Crippen molar-refractivity contribution in [1.29, 1.82) is 0 Å². The molecule has 1 unspecified atom stereocenters. The fourth-order valence-corrected chi connectivity index (χ4v) is 2.61. The number of nitrogens with zero attached hydrogens (tertiary/aromatic N) is 2. The Balaban J connectivity index is 2.51. The molecule has 120 valence electrons. The molecule has 0 aliphatic carbocycles. The van der Waals surface area contributed by atoms with Gasteiger partial charge < -0.3 is 14.9 Å². The van der Waals surface area contributed by atoms with Gasteiger partial charge in [-0.3, -0.25) is 0 Å². The number of hydrogen-bond donors (Lipinski definition) is 2. The van der Waals surface area contributed by atoms with Crippen molar-refractivity contribution in [3.05, 3.63) is 24.0 Å². The Bertz CT molecular complexity index is 667. The summed E-state index contributed by atoms with van der Waals surface area (Å²) in [6, 6.07) is 4.53. The molecule has 1 aromatic heterocycles. The van der Waals surface area contributed by atoms with E-state index >= 15 is 0 Å². The number of aliphatic hydroxyl groups excluding tert-OH is 2. The predicted molar refractivity (Wildman–Crippen MR) is 74.9 cm³/mol. The molecule has 0 fully saturated rings. The molecule has 0 spiro atoms. The normalized spacial score (nSPS) is 13.4. The molecule has 1 atom stereocenters. The van der Waals surface area contributed by atoms with Crippen LogP contribution in [-0.4, -0.2) is 45.8 Å². The van der Waals surface area contributed by atoms with E-state index in [-0.39, 0.29) is 16.3 Å². The Hall–Kier alpha value is -1.58. The standard InChI is InChI=1S/C13H13F3N2O3S/c1-21-8-2-3-9-10(4-8)17-12(13(14,15)16)18-11(9)22-6-7(20)5-19/h2-4,7,19-20H,5-6H2,1H3. The maximum absolute atomic E-state index is 12.9. The molecule has 0 saturated heterocycles. The average molecular weight is 334 g/mol. The molecule has 0 radical (unpaired) electrons. The zero-order valence-corrected chi connectivity index (χ0v) is 12.3. The van der Waals surface area contributed by atoms with Gasteiger partial charge in [-0.1, -0.05) is 0 Å². The summed E-state index contributed by atoms with van der Waals surface area (Å²) in [5, 5.41) is 18.6. The van der Waals surface area contributed by atoms with Crippen molar-refractivity contribution in [3.8, 4) is 5.75 Å². The maximum atomic E-state index is 12.9. The van der Waals surface area contributed by atoms with Crippen LogP contribution in [0.5, 0.6) is 5.75 Å². The molecule has 9 heteroatoms. The molecule has 0 bridgehead atoms. The van der Waals surface area contributed by atoms with Gasteiger partial charge in [-0.05, 0) is 12.1 Å². The quantitative estimate of drug-likeness (QED) is 0.644.